The third-order valence-electron chi connectivity index (χ3n) is 12.4. The molecule has 8 atom stereocenters. The van der Waals surface area contributed by atoms with Gasteiger partial charge in [-0.25, -0.2) is 0 Å². The fraction of sp³-hybridized carbons (Fsp3) is 0.794. The second-order valence-electron chi connectivity index (χ2n) is 15.1. The van der Waals surface area contributed by atoms with Gasteiger partial charge in [-0.1, -0.05) is 45.4 Å². The number of hydrogen-bond donors (Lipinski definition) is 0. The van der Waals surface area contributed by atoms with Gasteiger partial charge in [-0.15, -0.1) is 0 Å². The Kier molecular flexibility index (Phi) is 7.61. The standard InChI is InChI=1S/C34H52O5/c1-21(2)23-11-14-34(9)28(32(23,7)13-12-27(36)38-10)26(35)19-24-25-20-31(6,29(37)39-22(3)4)16-15-30(25,5)17-18-33(24,34)8/h19,22-23,25,28H,1,11-18,20H2,2-10H3/t23?,25-,28?,30+,31-,32-,33+,34+/m0/s1. The lowest BCUT2D eigenvalue weighted by molar-refractivity contribution is -0.171. The van der Waals surface area contributed by atoms with Crippen LogP contribution in [0.25, 0.3) is 0 Å². The van der Waals surface area contributed by atoms with Crippen LogP contribution in [0.5, 0.6) is 0 Å². The summed E-state index contributed by atoms with van der Waals surface area (Å²) in [5, 5.41) is 0. The van der Waals surface area contributed by atoms with Crippen molar-refractivity contribution in [1.82, 2.24) is 0 Å². The van der Waals surface area contributed by atoms with Crippen molar-refractivity contribution in [1.29, 1.82) is 0 Å². The summed E-state index contributed by atoms with van der Waals surface area (Å²) in [7, 11) is 1.43. The van der Waals surface area contributed by atoms with E-state index < -0.39 is 5.41 Å². The van der Waals surface area contributed by atoms with E-state index in [1.54, 1.807) is 0 Å². The van der Waals surface area contributed by atoms with Crippen LogP contribution in [0.3, 0.4) is 0 Å². The smallest absolute Gasteiger partial charge is 0.312 e. The van der Waals surface area contributed by atoms with Crippen LogP contribution in [-0.4, -0.2) is 30.9 Å². The molecule has 4 rings (SSSR count). The molecule has 0 aromatic carbocycles. The summed E-state index contributed by atoms with van der Waals surface area (Å²) in [4.78, 5) is 40.0. The van der Waals surface area contributed by atoms with Gasteiger partial charge in [0.2, 0.25) is 0 Å². The van der Waals surface area contributed by atoms with Crippen LogP contribution in [-0.2, 0) is 23.9 Å². The second-order valence-corrected chi connectivity index (χ2v) is 15.1. The van der Waals surface area contributed by atoms with Gasteiger partial charge in [0, 0.05) is 12.3 Å². The van der Waals surface area contributed by atoms with Gasteiger partial charge >= 0.3 is 11.9 Å². The first kappa shape index (κ1) is 30.1. The Morgan fingerprint density at radius 1 is 1.05 bits per heavy atom. The minimum atomic E-state index is -0.541. The SMILES string of the molecule is C=C(C)C1CC[C@]2(C)C(C(=O)C=C3[C@@H]4C[C@@](C)(C(=O)OC(C)C)CC[C@]4(C)CC[C@]32C)[C@@]1(C)CCC(=O)OC. The van der Waals surface area contributed by atoms with Gasteiger partial charge in [0.15, 0.2) is 5.78 Å². The summed E-state index contributed by atoms with van der Waals surface area (Å²) in [6.07, 6.45) is 9.39. The van der Waals surface area contributed by atoms with Crippen LogP contribution in [0, 0.1) is 44.8 Å². The van der Waals surface area contributed by atoms with Crippen LogP contribution in [0.2, 0.25) is 0 Å². The largest absolute Gasteiger partial charge is 0.469 e. The third kappa shape index (κ3) is 4.54. The number of carbonyl (C=O) groups is 3. The normalized spacial score (nSPS) is 43.5. The minimum absolute atomic E-state index is 0.0789. The van der Waals surface area contributed by atoms with Crippen LogP contribution in [0.15, 0.2) is 23.8 Å². The molecule has 4 aliphatic rings. The maximum atomic E-state index is 14.4. The zero-order valence-corrected chi connectivity index (χ0v) is 26.0. The summed E-state index contributed by atoms with van der Waals surface area (Å²) in [6, 6.07) is 0. The molecule has 0 bridgehead atoms. The predicted molar refractivity (Wildman–Crippen MR) is 154 cm³/mol. The maximum absolute atomic E-state index is 14.4. The molecule has 0 aromatic heterocycles. The Hall–Kier alpha value is -1.91. The van der Waals surface area contributed by atoms with E-state index in [1.807, 2.05) is 19.9 Å². The number of fused-ring (bicyclic) bond motifs is 5. The van der Waals surface area contributed by atoms with Gasteiger partial charge in [0.1, 0.15) is 0 Å². The van der Waals surface area contributed by atoms with Gasteiger partial charge in [0.25, 0.3) is 0 Å². The maximum Gasteiger partial charge on any atom is 0.312 e. The third-order valence-corrected chi connectivity index (χ3v) is 12.4. The van der Waals surface area contributed by atoms with E-state index in [2.05, 4.69) is 48.1 Å². The Labute approximate surface area is 236 Å². The van der Waals surface area contributed by atoms with Crippen molar-refractivity contribution in [2.24, 2.45) is 44.8 Å². The van der Waals surface area contributed by atoms with E-state index >= 15 is 0 Å². The average molecular weight is 541 g/mol. The van der Waals surface area contributed by atoms with E-state index in [1.165, 1.54) is 12.7 Å². The molecule has 0 aliphatic heterocycles. The molecule has 218 valence electrons. The molecular weight excluding hydrogens is 488 g/mol. The van der Waals surface area contributed by atoms with Crippen LogP contribution >= 0.6 is 0 Å². The number of rotatable bonds is 6. The molecule has 0 saturated heterocycles. The fourth-order valence-electron chi connectivity index (χ4n) is 9.72. The number of carbonyl (C=O) groups excluding carboxylic acids is 3. The van der Waals surface area contributed by atoms with Crippen molar-refractivity contribution < 1.29 is 23.9 Å². The number of ether oxygens (including phenoxy) is 2. The second kappa shape index (κ2) is 9.87. The molecule has 0 heterocycles. The lowest BCUT2D eigenvalue weighted by Gasteiger charge is -2.68. The summed E-state index contributed by atoms with van der Waals surface area (Å²) in [5.74, 6) is 0.0412. The Morgan fingerprint density at radius 2 is 1.69 bits per heavy atom. The molecular formula is C34H52O5. The first-order chi connectivity index (χ1) is 18.0. The highest BCUT2D eigenvalue weighted by atomic mass is 16.5. The van der Waals surface area contributed by atoms with Crippen molar-refractivity contribution in [3.63, 3.8) is 0 Å². The summed E-state index contributed by atoms with van der Waals surface area (Å²) < 4.78 is 10.8. The van der Waals surface area contributed by atoms with E-state index in [0.717, 1.165) is 50.5 Å². The van der Waals surface area contributed by atoms with Crippen molar-refractivity contribution in [2.75, 3.05) is 7.11 Å². The topological polar surface area (TPSA) is 69.7 Å². The Bertz CT molecular complexity index is 1090. The Balaban J connectivity index is 1.80. The number of ketones is 1. The molecule has 0 radical (unpaired) electrons. The van der Waals surface area contributed by atoms with E-state index in [0.29, 0.717) is 12.8 Å². The first-order valence-corrected chi connectivity index (χ1v) is 15.2. The van der Waals surface area contributed by atoms with E-state index in [-0.39, 0.29) is 63.2 Å². The molecule has 3 saturated carbocycles. The number of methoxy groups -OCH3 is 1. The quantitative estimate of drug-likeness (QED) is 0.256. The van der Waals surface area contributed by atoms with Gasteiger partial charge in [-0.05, 0) is 119 Å². The summed E-state index contributed by atoms with van der Waals surface area (Å²) >= 11 is 0. The molecule has 0 amide bonds. The van der Waals surface area contributed by atoms with E-state index in [4.69, 9.17) is 9.47 Å². The average Bonchev–Trinajstić information content (AvgIpc) is 2.84. The van der Waals surface area contributed by atoms with Gasteiger partial charge in [0.05, 0.1) is 18.6 Å². The summed E-state index contributed by atoms with van der Waals surface area (Å²) in [5.41, 5.74) is 1.14. The van der Waals surface area contributed by atoms with Gasteiger partial charge in [-0.3, -0.25) is 14.4 Å². The van der Waals surface area contributed by atoms with Crippen molar-refractivity contribution in [3.8, 4) is 0 Å². The van der Waals surface area contributed by atoms with Gasteiger partial charge < -0.3 is 9.47 Å². The minimum Gasteiger partial charge on any atom is -0.469 e. The molecule has 39 heavy (non-hydrogen) atoms. The van der Waals surface area contributed by atoms with Gasteiger partial charge in [-0.2, -0.15) is 0 Å². The van der Waals surface area contributed by atoms with E-state index in [9.17, 15) is 14.4 Å². The Morgan fingerprint density at radius 3 is 2.28 bits per heavy atom. The zero-order valence-electron chi connectivity index (χ0n) is 26.0. The highest BCUT2D eigenvalue weighted by molar-refractivity contribution is 5.96. The van der Waals surface area contributed by atoms with Crippen molar-refractivity contribution in [2.45, 2.75) is 119 Å². The fourth-order valence-corrected chi connectivity index (χ4v) is 9.72. The molecule has 5 nitrogen and oxygen atoms in total. The number of allylic oxidation sites excluding steroid dienone is 3. The molecule has 5 heteroatoms. The van der Waals surface area contributed by atoms with Crippen molar-refractivity contribution >= 4 is 17.7 Å². The number of hydrogen-bond acceptors (Lipinski definition) is 5. The molecule has 2 unspecified atom stereocenters. The predicted octanol–water partition coefficient (Wildman–Crippen LogP) is 7.63. The number of esters is 2. The lowest BCUT2D eigenvalue weighted by atomic mass is 9.35. The molecule has 0 spiro atoms. The molecule has 4 aliphatic carbocycles. The molecule has 3 fully saturated rings. The molecule has 0 N–H and O–H groups in total. The van der Waals surface area contributed by atoms with Crippen LogP contribution in [0.1, 0.15) is 113 Å². The summed E-state index contributed by atoms with van der Waals surface area (Å²) in [6.45, 7) is 21.7. The lowest BCUT2D eigenvalue weighted by Crippen LogP contribution is -2.63. The van der Waals surface area contributed by atoms with Crippen LogP contribution in [0.4, 0.5) is 0 Å². The first-order valence-electron chi connectivity index (χ1n) is 15.2. The monoisotopic (exact) mass is 540 g/mol. The zero-order chi connectivity index (χ0) is 29.2. The highest BCUT2D eigenvalue weighted by Gasteiger charge is 2.68. The molecule has 0 aromatic rings. The highest BCUT2D eigenvalue weighted by Crippen LogP contribution is 2.73. The van der Waals surface area contributed by atoms with Crippen LogP contribution < -0.4 is 0 Å². The van der Waals surface area contributed by atoms with Crippen molar-refractivity contribution in [3.05, 3.63) is 23.8 Å².